The van der Waals surface area contributed by atoms with Gasteiger partial charge < -0.3 is 15.2 Å². The number of hydrogen-bond acceptors (Lipinski definition) is 4. The lowest BCUT2D eigenvalue weighted by molar-refractivity contribution is -0.138. The summed E-state index contributed by atoms with van der Waals surface area (Å²) in [6.07, 6.45) is 0.980. The van der Waals surface area contributed by atoms with E-state index in [0.717, 1.165) is 12.8 Å². The number of ether oxygens (including phenoxy) is 1. The molecule has 0 bridgehead atoms. The van der Waals surface area contributed by atoms with Gasteiger partial charge in [0.05, 0.1) is 6.61 Å². The normalized spacial score (nSPS) is 11.9. The molecule has 0 spiro atoms. The van der Waals surface area contributed by atoms with Crippen molar-refractivity contribution in [2.24, 2.45) is 0 Å². The average Bonchev–Trinajstić information content (AvgIpc) is 2.14. The van der Waals surface area contributed by atoms with Crippen LogP contribution >= 0.6 is 12.6 Å². The number of alkyl carbamates (subject to hydrolysis) is 1. The lowest BCUT2D eigenvalue weighted by Crippen LogP contribution is -2.42. The fraction of sp³-hybridized carbons (Fsp3) is 0.750. The minimum atomic E-state index is -1.12. The van der Waals surface area contributed by atoms with E-state index in [1.807, 2.05) is 6.92 Å². The van der Waals surface area contributed by atoms with E-state index < -0.39 is 18.1 Å². The van der Waals surface area contributed by atoms with Crippen molar-refractivity contribution in [3.8, 4) is 0 Å². The fourth-order valence-electron chi connectivity index (χ4n) is 0.679. The zero-order valence-electron chi connectivity index (χ0n) is 8.02. The first-order chi connectivity index (χ1) is 6.61. The Labute approximate surface area is 88.2 Å². The van der Waals surface area contributed by atoms with Crippen molar-refractivity contribution >= 4 is 24.7 Å². The Bertz CT molecular complexity index is 198. The molecule has 0 unspecified atom stereocenters. The van der Waals surface area contributed by atoms with E-state index in [0.29, 0.717) is 6.61 Å². The molecule has 1 atom stereocenters. The summed E-state index contributed by atoms with van der Waals surface area (Å²) in [7, 11) is 0. The van der Waals surface area contributed by atoms with E-state index >= 15 is 0 Å². The number of carboxylic acid groups (broad SMARTS) is 1. The van der Waals surface area contributed by atoms with Gasteiger partial charge in [0.1, 0.15) is 6.04 Å². The third kappa shape index (κ3) is 5.69. The van der Waals surface area contributed by atoms with Crippen molar-refractivity contribution in [1.82, 2.24) is 5.32 Å². The third-order valence-electron chi connectivity index (χ3n) is 1.50. The van der Waals surface area contributed by atoms with E-state index in [1.54, 1.807) is 0 Å². The van der Waals surface area contributed by atoms with Gasteiger partial charge in [-0.05, 0) is 6.42 Å². The molecule has 0 aromatic rings. The second kappa shape index (κ2) is 7.49. The van der Waals surface area contributed by atoms with Crippen LogP contribution in [-0.4, -0.2) is 35.6 Å². The summed E-state index contributed by atoms with van der Waals surface area (Å²) in [6.45, 7) is 2.27. The molecule has 6 heteroatoms. The van der Waals surface area contributed by atoms with Crippen LogP contribution in [0.1, 0.15) is 19.8 Å². The number of thiol groups is 1. The molecule has 0 aromatic carbocycles. The summed E-state index contributed by atoms with van der Waals surface area (Å²) in [5, 5.41) is 10.8. The number of rotatable bonds is 6. The standard InChI is InChI=1S/C8H15NO4S/c1-2-3-4-13-8(12)9-6(5-14)7(10)11/h6,14H,2-5H2,1H3,(H,9,12)(H,10,11)/t6-/m1/s1. The molecule has 0 aliphatic carbocycles. The van der Waals surface area contributed by atoms with Crippen LogP contribution < -0.4 is 5.32 Å². The van der Waals surface area contributed by atoms with Gasteiger partial charge in [0.15, 0.2) is 0 Å². The van der Waals surface area contributed by atoms with Gasteiger partial charge in [-0.3, -0.25) is 0 Å². The number of nitrogens with one attached hydrogen (secondary N) is 1. The molecule has 0 saturated heterocycles. The highest BCUT2D eigenvalue weighted by molar-refractivity contribution is 7.80. The van der Waals surface area contributed by atoms with Crippen molar-refractivity contribution in [3.05, 3.63) is 0 Å². The molecule has 5 nitrogen and oxygen atoms in total. The van der Waals surface area contributed by atoms with Gasteiger partial charge in [0, 0.05) is 5.75 Å². The number of hydrogen-bond donors (Lipinski definition) is 3. The smallest absolute Gasteiger partial charge is 0.407 e. The number of unbranched alkanes of at least 4 members (excludes halogenated alkanes) is 1. The highest BCUT2D eigenvalue weighted by Crippen LogP contribution is 1.92. The Morgan fingerprint density at radius 1 is 1.57 bits per heavy atom. The van der Waals surface area contributed by atoms with E-state index in [1.165, 1.54) is 0 Å². The minimum absolute atomic E-state index is 0.0399. The largest absolute Gasteiger partial charge is 0.480 e. The number of aliphatic carboxylic acids is 1. The SMILES string of the molecule is CCCCOC(=O)N[C@H](CS)C(=O)O. The molecule has 2 N–H and O–H groups in total. The lowest BCUT2D eigenvalue weighted by atomic mass is 10.3. The van der Waals surface area contributed by atoms with Crippen LogP contribution in [0.3, 0.4) is 0 Å². The molecule has 0 saturated carbocycles. The average molecular weight is 221 g/mol. The fourth-order valence-corrected chi connectivity index (χ4v) is 0.926. The predicted molar refractivity (Wildman–Crippen MR) is 54.7 cm³/mol. The van der Waals surface area contributed by atoms with E-state index in [2.05, 4.69) is 17.9 Å². The van der Waals surface area contributed by atoms with E-state index in [-0.39, 0.29) is 5.75 Å². The molecule has 82 valence electrons. The van der Waals surface area contributed by atoms with Crippen LogP contribution in [0.5, 0.6) is 0 Å². The highest BCUT2D eigenvalue weighted by atomic mass is 32.1. The Morgan fingerprint density at radius 2 is 2.21 bits per heavy atom. The molecule has 0 radical (unpaired) electrons. The molecule has 0 heterocycles. The van der Waals surface area contributed by atoms with E-state index in [9.17, 15) is 9.59 Å². The van der Waals surface area contributed by atoms with Crippen molar-refractivity contribution in [3.63, 3.8) is 0 Å². The maximum Gasteiger partial charge on any atom is 0.407 e. The Morgan fingerprint density at radius 3 is 2.64 bits per heavy atom. The van der Waals surface area contributed by atoms with Crippen LogP contribution in [0.25, 0.3) is 0 Å². The molecular weight excluding hydrogens is 206 g/mol. The first-order valence-corrected chi connectivity index (χ1v) is 5.02. The van der Waals surface area contributed by atoms with Crippen molar-refractivity contribution in [2.45, 2.75) is 25.8 Å². The number of carboxylic acids is 1. The van der Waals surface area contributed by atoms with Crippen LogP contribution in [0, 0.1) is 0 Å². The molecule has 14 heavy (non-hydrogen) atoms. The summed E-state index contributed by atoms with van der Waals surface area (Å²) in [4.78, 5) is 21.4. The Hall–Kier alpha value is -0.910. The van der Waals surface area contributed by atoms with Gasteiger partial charge in [-0.1, -0.05) is 13.3 Å². The summed E-state index contributed by atoms with van der Waals surface area (Å²) in [5.41, 5.74) is 0. The predicted octanol–water partition coefficient (Wildman–Crippen LogP) is 0.896. The minimum Gasteiger partial charge on any atom is -0.480 e. The van der Waals surface area contributed by atoms with Crippen molar-refractivity contribution in [2.75, 3.05) is 12.4 Å². The van der Waals surface area contributed by atoms with Gasteiger partial charge in [-0.2, -0.15) is 12.6 Å². The molecule has 1 amide bonds. The highest BCUT2D eigenvalue weighted by Gasteiger charge is 2.18. The number of carbonyl (C=O) groups is 2. The topological polar surface area (TPSA) is 75.6 Å². The molecule has 0 aliphatic heterocycles. The second-order valence-electron chi connectivity index (χ2n) is 2.71. The number of carbonyl (C=O) groups excluding carboxylic acids is 1. The quantitative estimate of drug-likeness (QED) is 0.460. The molecule has 0 rings (SSSR count). The summed E-state index contributed by atoms with van der Waals surface area (Å²) in [6, 6.07) is -0.993. The summed E-state index contributed by atoms with van der Waals surface area (Å²) >= 11 is 3.79. The van der Waals surface area contributed by atoms with Crippen LogP contribution in [0.15, 0.2) is 0 Å². The Balaban J connectivity index is 3.74. The molecule has 0 aromatic heterocycles. The van der Waals surface area contributed by atoms with Gasteiger partial charge >= 0.3 is 12.1 Å². The van der Waals surface area contributed by atoms with Crippen LogP contribution in [0.4, 0.5) is 4.79 Å². The van der Waals surface area contributed by atoms with Crippen LogP contribution in [-0.2, 0) is 9.53 Å². The van der Waals surface area contributed by atoms with Gasteiger partial charge in [0.25, 0.3) is 0 Å². The lowest BCUT2D eigenvalue weighted by Gasteiger charge is -2.11. The zero-order valence-corrected chi connectivity index (χ0v) is 8.92. The third-order valence-corrected chi connectivity index (χ3v) is 1.87. The van der Waals surface area contributed by atoms with Crippen molar-refractivity contribution in [1.29, 1.82) is 0 Å². The first-order valence-electron chi connectivity index (χ1n) is 4.38. The van der Waals surface area contributed by atoms with E-state index in [4.69, 9.17) is 9.84 Å². The number of amides is 1. The zero-order chi connectivity index (χ0) is 11.0. The van der Waals surface area contributed by atoms with Gasteiger partial charge in [-0.15, -0.1) is 0 Å². The van der Waals surface area contributed by atoms with Crippen molar-refractivity contribution < 1.29 is 19.4 Å². The summed E-state index contributed by atoms with van der Waals surface area (Å²) in [5.74, 6) is -1.08. The molecule has 0 fully saturated rings. The summed E-state index contributed by atoms with van der Waals surface area (Å²) < 4.78 is 4.72. The monoisotopic (exact) mass is 221 g/mol. The second-order valence-corrected chi connectivity index (χ2v) is 3.07. The van der Waals surface area contributed by atoms with Gasteiger partial charge in [0.2, 0.25) is 0 Å². The molecular formula is C8H15NO4S. The molecule has 0 aliphatic rings. The maximum atomic E-state index is 11.0. The van der Waals surface area contributed by atoms with Gasteiger partial charge in [-0.25, -0.2) is 9.59 Å². The van der Waals surface area contributed by atoms with Crippen LogP contribution in [0.2, 0.25) is 0 Å². The first kappa shape index (κ1) is 13.1. The maximum absolute atomic E-state index is 11.0. The Kier molecular flexibility index (Phi) is 7.00.